The van der Waals surface area contributed by atoms with Crippen molar-refractivity contribution in [3.8, 4) is 0 Å². The van der Waals surface area contributed by atoms with Crippen LogP contribution in [0, 0.1) is 20.8 Å². The minimum atomic E-state index is 0.531. The molecule has 5 heteroatoms. The number of nitrogens with one attached hydrogen (secondary N) is 1. The molecular formula is C11H14N4O. The van der Waals surface area contributed by atoms with Gasteiger partial charge in [-0.1, -0.05) is 0 Å². The zero-order valence-corrected chi connectivity index (χ0v) is 9.61. The van der Waals surface area contributed by atoms with Crippen LogP contribution in [0.4, 0.5) is 5.82 Å². The zero-order chi connectivity index (χ0) is 11.5. The quantitative estimate of drug-likeness (QED) is 0.853. The van der Waals surface area contributed by atoms with Crippen LogP contribution in [0.25, 0.3) is 0 Å². The standard InChI is InChI=1S/C11H14N4O/c1-7-4-10(15-9(3)14-7)12-6-11-13-5-8(2)16-11/h4-5H,6H2,1-3H3,(H,12,14,15). The third-order valence-corrected chi connectivity index (χ3v) is 2.06. The Labute approximate surface area is 94.0 Å². The first-order chi connectivity index (χ1) is 7.63. The van der Waals surface area contributed by atoms with Gasteiger partial charge in [0.1, 0.15) is 17.4 Å². The molecule has 2 heterocycles. The molecule has 0 radical (unpaired) electrons. The van der Waals surface area contributed by atoms with Gasteiger partial charge in [-0.2, -0.15) is 0 Å². The fourth-order valence-corrected chi connectivity index (χ4v) is 1.46. The first-order valence-electron chi connectivity index (χ1n) is 5.11. The molecule has 2 aromatic rings. The summed E-state index contributed by atoms with van der Waals surface area (Å²) in [5.41, 5.74) is 0.943. The predicted octanol–water partition coefficient (Wildman–Crippen LogP) is 2.00. The molecule has 0 spiro atoms. The number of hydrogen-bond acceptors (Lipinski definition) is 5. The van der Waals surface area contributed by atoms with Crippen molar-refractivity contribution < 1.29 is 4.42 Å². The number of aromatic nitrogens is 3. The maximum Gasteiger partial charge on any atom is 0.213 e. The molecule has 0 aliphatic carbocycles. The number of hydrogen-bond donors (Lipinski definition) is 1. The van der Waals surface area contributed by atoms with Crippen LogP contribution in [-0.4, -0.2) is 15.0 Å². The maximum atomic E-state index is 5.35. The van der Waals surface area contributed by atoms with E-state index in [2.05, 4.69) is 20.3 Å². The van der Waals surface area contributed by atoms with Crippen LogP contribution in [0.5, 0.6) is 0 Å². The summed E-state index contributed by atoms with van der Waals surface area (Å²) in [6.45, 7) is 6.21. The number of aryl methyl sites for hydroxylation is 3. The van der Waals surface area contributed by atoms with Gasteiger partial charge in [0.05, 0.1) is 12.7 Å². The highest BCUT2D eigenvalue weighted by atomic mass is 16.4. The SMILES string of the molecule is Cc1cc(NCc2ncc(C)o2)nc(C)n1. The third kappa shape index (κ3) is 2.56. The monoisotopic (exact) mass is 218 g/mol. The summed E-state index contributed by atoms with van der Waals surface area (Å²) >= 11 is 0. The summed E-state index contributed by atoms with van der Waals surface area (Å²) < 4.78 is 5.35. The van der Waals surface area contributed by atoms with E-state index in [0.717, 1.165) is 23.1 Å². The van der Waals surface area contributed by atoms with E-state index >= 15 is 0 Å². The van der Waals surface area contributed by atoms with E-state index in [9.17, 15) is 0 Å². The molecule has 84 valence electrons. The normalized spacial score (nSPS) is 10.4. The van der Waals surface area contributed by atoms with Crippen molar-refractivity contribution in [1.29, 1.82) is 0 Å². The molecule has 0 aromatic carbocycles. The van der Waals surface area contributed by atoms with E-state index in [0.29, 0.717) is 12.4 Å². The Morgan fingerprint density at radius 1 is 1.25 bits per heavy atom. The highest BCUT2D eigenvalue weighted by molar-refractivity contribution is 5.35. The molecule has 0 aliphatic heterocycles. The maximum absolute atomic E-state index is 5.35. The van der Waals surface area contributed by atoms with Crippen LogP contribution in [0.2, 0.25) is 0 Å². The lowest BCUT2D eigenvalue weighted by atomic mass is 10.4. The van der Waals surface area contributed by atoms with Gasteiger partial charge in [0.25, 0.3) is 0 Å². The topological polar surface area (TPSA) is 63.8 Å². The molecule has 5 nitrogen and oxygen atoms in total. The van der Waals surface area contributed by atoms with Crippen molar-refractivity contribution >= 4 is 5.82 Å². The molecule has 0 unspecified atom stereocenters. The van der Waals surface area contributed by atoms with Crippen molar-refractivity contribution in [1.82, 2.24) is 15.0 Å². The summed E-state index contributed by atoms with van der Waals surface area (Å²) in [5, 5.41) is 3.15. The van der Waals surface area contributed by atoms with Gasteiger partial charge in [-0.05, 0) is 20.8 Å². The Morgan fingerprint density at radius 2 is 2.06 bits per heavy atom. The van der Waals surface area contributed by atoms with Gasteiger partial charge in [-0.3, -0.25) is 0 Å². The number of rotatable bonds is 3. The average molecular weight is 218 g/mol. The Balaban J connectivity index is 2.04. The van der Waals surface area contributed by atoms with Crippen molar-refractivity contribution in [2.75, 3.05) is 5.32 Å². The Bertz CT molecular complexity index is 472. The molecule has 0 saturated heterocycles. The smallest absolute Gasteiger partial charge is 0.213 e. The van der Waals surface area contributed by atoms with E-state index < -0.39 is 0 Å². The molecule has 0 amide bonds. The first kappa shape index (κ1) is 10.6. The minimum Gasteiger partial charge on any atom is -0.444 e. The highest BCUT2D eigenvalue weighted by Crippen LogP contribution is 2.08. The predicted molar refractivity (Wildman–Crippen MR) is 60.1 cm³/mol. The van der Waals surface area contributed by atoms with Gasteiger partial charge in [0, 0.05) is 11.8 Å². The van der Waals surface area contributed by atoms with E-state index in [1.54, 1.807) is 6.20 Å². The van der Waals surface area contributed by atoms with E-state index in [1.807, 2.05) is 26.8 Å². The van der Waals surface area contributed by atoms with Gasteiger partial charge in [-0.25, -0.2) is 15.0 Å². The Kier molecular flexibility index (Phi) is 2.85. The lowest BCUT2D eigenvalue weighted by Crippen LogP contribution is -2.04. The van der Waals surface area contributed by atoms with Crippen LogP contribution >= 0.6 is 0 Å². The lowest BCUT2D eigenvalue weighted by molar-refractivity contribution is 0.478. The molecular weight excluding hydrogens is 204 g/mol. The summed E-state index contributed by atoms with van der Waals surface area (Å²) in [6.07, 6.45) is 1.70. The summed E-state index contributed by atoms with van der Waals surface area (Å²) in [6, 6.07) is 1.89. The van der Waals surface area contributed by atoms with E-state index in [-0.39, 0.29) is 0 Å². The molecule has 0 bridgehead atoms. The highest BCUT2D eigenvalue weighted by Gasteiger charge is 2.02. The summed E-state index contributed by atoms with van der Waals surface area (Å²) in [4.78, 5) is 12.6. The van der Waals surface area contributed by atoms with E-state index in [1.165, 1.54) is 0 Å². The average Bonchev–Trinajstić information content (AvgIpc) is 2.60. The van der Waals surface area contributed by atoms with Gasteiger partial charge in [0.2, 0.25) is 5.89 Å². The van der Waals surface area contributed by atoms with E-state index in [4.69, 9.17) is 4.42 Å². The van der Waals surface area contributed by atoms with Gasteiger partial charge in [0.15, 0.2) is 0 Å². The third-order valence-electron chi connectivity index (χ3n) is 2.06. The van der Waals surface area contributed by atoms with Crippen LogP contribution < -0.4 is 5.32 Å². The largest absolute Gasteiger partial charge is 0.444 e. The lowest BCUT2D eigenvalue weighted by Gasteiger charge is -2.04. The molecule has 2 aromatic heterocycles. The van der Waals surface area contributed by atoms with Gasteiger partial charge < -0.3 is 9.73 Å². The molecule has 1 N–H and O–H groups in total. The van der Waals surface area contributed by atoms with Crippen molar-refractivity contribution in [3.05, 3.63) is 35.4 Å². The van der Waals surface area contributed by atoms with Crippen molar-refractivity contribution in [2.45, 2.75) is 27.3 Å². The van der Waals surface area contributed by atoms with Gasteiger partial charge >= 0.3 is 0 Å². The molecule has 0 atom stereocenters. The van der Waals surface area contributed by atoms with Crippen LogP contribution in [0.15, 0.2) is 16.7 Å². The fraction of sp³-hybridized carbons (Fsp3) is 0.364. The Morgan fingerprint density at radius 3 is 2.69 bits per heavy atom. The Hall–Kier alpha value is -1.91. The summed E-state index contributed by atoms with van der Waals surface area (Å²) in [5.74, 6) is 3.02. The molecule has 2 rings (SSSR count). The van der Waals surface area contributed by atoms with Crippen LogP contribution in [-0.2, 0) is 6.54 Å². The van der Waals surface area contributed by atoms with Gasteiger partial charge in [-0.15, -0.1) is 0 Å². The zero-order valence-electron chi connectivity index (χ0n) is 9.61. The number of anilines is 1. The number of nitrogens with zero attached hydrogens (tertiary/aromatic N) is 3. The molecule has 16 heavy (non-hydrogen) atoms. The minimum absolute atomic E-state index is 0.531. The molecule has 0 saturated carbocycles. The van der Waals surface area contributed by atoms with Crippen molar-refractivity contribution in [2.24, 2.45) is 0 Å². The van der Waals surface area contributed by atoms with Crippen LogP contribution in [0.3, 0.4) is 0 Å². The fourth-order valence-electron chi connectivity index (χ4n) is 1.46. The molecule has 0 aliphatic rings. The first-order valence-corrected chi connectivity index (χ1v) is 5.11. The van der Waals surface area contributed by atoms with Crippen LogP contribution in [0.1, 0.15) is 23.2 Å². The summed E-state index contributed by atoms with van der Waals surface area (Å²) in [7, 11) is 0. The second-order valence-electron chi connectivity index (χ2n) is 3.66. The van der Waals surface area contributed by atoms with Crippen molar-refractivity contribution in [3.63, 3.8) is 0 Å². The second-order valence-corrected chi connectivity index (χ2v) is 3.66. The molecule has 0 fully saturated rings. The number of oxazole rings is 1. The second kappa shape index (κ2) is 4.30.